The van der Waals surface area contributed by atoms with Gasteiger partial charge in [-0.3, -0.25) is 0 Å². The first-order valence-electron chi connectivity index (χ1n) is 18.5. The molecule has 12 aromatic rings. The lowest BCUT2D eigenvalue weighted by Gasteiger charge is -2.19. The van der Waals surface area contributed by atoms with Gasteiger partial charge in [-0.2, -0.15) is 0 Å². The summed E-state index contributed by atoms with van der Waals surface area (Å²) in [6.45, 7) is 0. The Morgan fingerprint density at radius 2 is 0.796 bits per heavy atom. The number of furan rings is 2. The summed E-state index contributed by atoms with van der Waals surface area (Å²) in [6.07, 6.45) is 0. The fourth-order valence-corrected chi connectivity index (χ4v) is 9.00. The molecule has 0 amide bonds. The SMILES string of the molecule is c1ccc2c(-c3c4ccccc4c(-c4ccc(-c5ccc6c(c5)oc5cc7oc8ccc9ccccc9c8c7cc56)cc4)c4ccccc34)cccc2c1. The van der Waals surface area contributed by atoms with Gasteiger partial charge in [-0.15, -0.1) is 0 Å². The van der Waals surface area contributed by atoms with Crippen LogP contribution in [0.5, 0.6) is 0 Å². The quantitative estimate of drug-likeness (QED) is 0.173. The van der Waals surface area contributed by atoms with E-state index in [2.05, 4.69) is 176 Å². The molecule has 0 saturated carbocycles. The fourth-order valence-electron chi connectivity index (χ4n) is 9.00. The standard InChI is InChI=1S/C52H30O2/c1-3-13-36-32(10-1)12-9-19-39(36)51-42-17-7-5-15-40(42)50(41-16-6-8-18-43(41)51)34-22-20-31(21-23-34)35-24-26-38-44-29-45-49(30-48(44)54-47(38)28-35)53-46-27-25-33-11-2-4-14-37(33)52(45)46/h1-30H. The molecule has 0 radical (unpaired) electrons. The highest BCUT2D eigenvalue weighted by molar-refractivity contribution is 6.24. The zero-order chi connectivity index (χ0) is 35.3. The summed E-state index contributed by atoms with van der Waals surface area (Å²) >= 11 is 0. The Labute approximate surface area is 310 Å². The third kappa shape index (κ3) is 4.22. The molecule has 0 N–H and O–H groups in total. The zero-order valence-electron chi connectivity index (χ0n) is 29.1. The van der Waals surface area contributed by atoms with E-state index in [0.29, 0.717) is 0 Å². The van der Waals surface area contributed by atoms with E-state index in [1.54, 1.807) is 0 Å². The van der Waals surface area contributed by atoms with Gasteiger partial charge in [-0.25, -0.2) is 0 Å². The van der Waals surface area contributed by atoms with Gasteiger partial charge in [0.05, 0.1) is 0 Å². The summed E-state index contributed by atoms with van der Waals surface area (Å²) < 4.78 is 12.9. The molecule has 0 aliphatic heterocycles. The normalized spacial score (nSPS) is 12.1. The summed E-state index contributed by atoms with van der Waals surface area (Å²) in [5.41, 5.74) is 10.7. The molecule has 0 bridgehead atoms. The van der Waals surface area contributed by atoms with Crippen molar-refractivity contribution in [3.8, 4) is 33.4 Å². The third-order valence-electron chi connectivity index (χ3n) is 11.5. The Balaban J connectivity index is 0.985. The lowest BCUT2D eigenvalue weighted by atomic mass is 9.84. The minimum Gasteiger partial charge on any atom is -0.456 e. The van der Waals surface area contributed by atoms with E-state index in [9.17, 15) is 0 Å². The minimum atomic E-state index is 0.832. The van der Waals surface area contributed by atoms with Crippen LogP contribution in [0.4, 0.5) is 0 Å². The Hall–Kier alpha value is -7.16. The maximum absolute atomic E-state index is 6.51. The van der Waals surface area contributed by atoms with Crippen molar-refractivity contribution in [3.63, 3.8) is 0 Å². The summed E-state index contributed by atoms with van der Waals surface area (Å²) in [4.78, 5) is 0. The van der Waals surface area contributed by atoms with Gasteiger partial charge in [0.25, 0.3) is 0 Å². The van der Waals surface area contributed by atoms with Crippen LogP contribution in [0.2, 0.25) is 0 Å². The third-order valence-corrected chi connectivity index (χ3v) is 11.5. The van der Waals surface area contributed by atoms with Crippen LogP contribution in [0.25, 0.3) is 120 Å². The number of hydrogen-bond donors (Lipinski definition) is 0. The first kappa shape index (κ1) is 29.4. The molecule has 2 aromatic heterocycles. The van der Waals surface area contributed by atoms with Gasteiger partial charge in [0.2, 0.25) is 0 Å². The Kier molecular flexibility index (Phi) is 6.09. The second kappa shape index (κ2) is 11.2. The Bertz CT molecular complexity index is 3430. The topological polar surface area (TPSA) is 26.3 Å². The molecule has 0 fully saturated rings. The highest BCUT2D eigenvalue weighted by atomic mass is 16.3. The number of benzene rings is 10. The molecule has 250 valence electrons. The number of hydrogen-bond acceptors (Lipinski definition) is 2. The predicted molar refractivity (Wildman–Crippen MR) is 227 cm³/mol. The van der Waals surface area contributed by atoms with Crippen LogP contribution in [-0.4, -0.2) is 0 Å². The van der Waals surface area contributed by atoms with E-state index in [0.717, 1.165) is 55.0 Å². The van der Waals surface area contributed by atoms with E-state index < -0.39 is 0 Å². The van der Waals surface area contributed by atoms with Gasteiger partial charge in [0, 0.05) is 27.6 Å². The van der Waals surface area contributed by atoms with Gasteiger partial charge >= 0.3 is 0 Å². The molecule has 54 heavy (non-hydrogen) atoms. The molecule has 0 spiro atoms. The maximum Gasteiger partial charge on any atom is 0.139 e. The summed E-state index contributed by atoms with van der Waals surface area (Å²) in [5, 5.41) is 14.4. The Morgan fingerprint density at radius 3 is 1.54 bits per heavy atom. The van der Waals surface area contributed by atoms with E-state index in [-0.39, 0.29) is 0 Å². The second-order valence-corrected chi connectivity index (χ2v) is 14.4. The largest absolute Gasteiger partial charge is 0.456 e. The zero-order valence-corrected chi connectivity index (χ0v) is 29.1. The van der Waals surface area contributed by atoms with Crippen LogP contribution in [0.1, 0.15) is 0 Å². The van der Waals surface area contributed by atoms with E-state index >= 15 is 0 Å². The van der Waals surface area contributed by atoms with Gasteiger partial charge in [-0.05, 0) is 101 Å². The van der Waals surface area contributed by atoms with Crippen molar-refractivity contribution in [2.45, 2.75) is 0 Å². The lowest BCUT2D eigenvalue weighted by Crippen LogP contribution is -1.91. The van der Waals surface area contributed by atoms with Crippen molar-refractivity contribution in [1.29, 1.82) is 0 Å². The fraction of sp³-hybridized carbons (Fsp3) is 0. The van der Waals surface area contributed by atoms with Gasteiger partial charge < -0.3 is 8.83 Å². The van der Waals surface area contributed by atoms with Crippen LogP contribution in [-0.2, 0) is 0 Å². The van der Waals surface area contributed by atoms with Crippen molar-refractivity contribution in [2.75, 3.05) is 0 Å². The lowest BCUT2D eigenvalue weighted by molar-refractivity contribution is 0.656. The van der Waals surface area contributed by atoms with Crippen molar-refractivity contribution >= 4 is 87.0 Å². The molecule has 10 aromatic carbocycles. The molecule has 12 rings (SSSR count). The maximum atomic E-state index is 6.51. The van der Waals surface area contributed by atoms with Crippen molar-refractivity contribution in [3.05, 3.63) is 182 Å². The van der Waals surface area contributed by atoms with Crippen molar-refractivity contribution in [1.82, 2.24) is 0 Å². The van der Waals surface area contributed by atoms with Crippen LogP contribution in [0.3, 0.4) is 0 Å². The summed E-state index contributed by atoms with van der Waals surface area (Å²) in [7, 11) is 0. The molecular formula is C52H30O2. The average Bonchev–Trinajstić information content (AvgIpc) is 3.78. The van der Waals surface area contributed by atoms with Gasteiger partial charge in [-0.1, -0.05) is 152 Å². The molecule has 2 heterocycles. The van der Waals surface area contributed by atoms with Crippen molar-refractivity contribution in [2.24, 2.45) is 0 Å². The minimum absolute atomic E-state index is 0.832. The molecule has 2 nitrogen and oxygen atoms in total. The highest BCUT2D eigenvalue weighted by Crippen LogP contribution is 2.46. The first-order chi connectivity index (χ1) is 26.8. The molecule has 0 aliphatic carbocycles. The molecule has 0 atom stereocenters. The second-order valence-electron chi connectivity index (χ2n) is 14.4. The molecule has 0 saturated heterocycles. The van der Waals surface area contributed by atoms with Crippen LogP contribution in [0.15, 0.2) is 191 Å². The summed E-state index contributed by atoms with van der Waals surface area (Å²) in [6, 6.07) is 65.7. The van der Waals surface area contributed by atoms with E-state index in [4.69, 9.17) is 8.83 Å². The van der Waals surface area contributed by atoms with Gasteiger partial charge in [0.1, 0.15) is 22.3 Å². The molecule has 0 aliphatic rings. The van der Waals surface area contributed by atoms with Gasteiger partial charge in [0.15, 0.2) is 0 Å². The number of fused-ring (bicyclic) bond motifs is 11. The van der Waals surface area contributed by atoms with Crippen molar-refractivity contribution < 1.29 is 8.83 Å². The van der Waals surface area contributed by atoms with E-state index in [1.165, 1.54) is 65.3 Å². The number of rotatable bonds is 3. The Morgan fingerprint density at radius 1 is 0.259 bits per heavy atom. The van der Waals surface area contributed by atoms with E-state index in [1.807, 2.05) is 6.07 Å². The average molecular weight is 687 g/mol. The monoisotopic (exact) mass is 686 g/mol. The van der Waals surface area contributed by atoms with Crippen LogP contribution < -0.4 is 0 Å². The smallest absolute Gasteiger partial charge is 0.139 e. The summed E-state index contributed by atoms with van der Waals surface area (Å²) in [5.74, 6) is 0. The first-order valence-corrected chi connectivity index (χ1v) is 18.5. The van der Waals surface area contributed by atoms with Crippen LogP contribution in [0, 0.1) is 0 Å². The molecule has 0 unspecified atom stereocenters. The highest BCUT2D eigenvalue weighted by Gasteiger charge is 2.19. The van der Waals surface area contributed by atoms with Crippen LogP contribution >= 0.6 is 0 Å². The predicted octanol–water partition coefficient (Wildman–Crippen LogP) is 15.1. The molecular weight excluding hydrogens is 657 g/mol. The molecule has 2 heteroatoms.